The minimum absolute atomic E-state index is 0.130. The molecular weight excluding hydrogens is 556 g/mol. The average molecular weight is 591 g/mol. The number of aromatic nitrogens is 4. The molecule has 2 unspecified atom stereocenters. The number of carbonyl (C=O) groups excluding carboxylic acids is 1. The molecule has 5 heterocycles. The van der Waals surface area contributed by atoms with Gasteiger partial charge in [-0.15, -0.1) is 0 Å². The van der Waals surface area contributed by atoms with Crippen LogP contribution in [0.15, 0.2) is 58.8 Å². The van der Waals surface area contributed by atoms with Gasteiger partial charge in [-0.25, -0.2) is 19.6 Å². The normalized spacial score (nSPS) is 22.6. The molecule has 4 aromatic rings. The zero-order valence-electron chi connectivity index (χ0n) is 24.0. The van der Waals surface area contributed by atoms with E-state index in [0.717, 1.165) is 46.2 Å². The Morgan fingerprint density at radius 1 is 1.17 bits per heavy atom. The summed E-state index contributed by atoms with van der Waals surface area (Å²) in [7, 11) is 0. The summed E-state index contributed by atoms with van der Waals surface area (Å²) < 4.78 is 13.6. The van der Waals surface area contributed by atoms with E-state index in [9.17, 15) is 14.7 Å². The molecule has 2 aliphatic rings. The van der Waals surface area contributed by atoms with E-state index in [2.05, 4.69) is 27.1 Å². The van der Waals surface area contributed by atoms with Crippen LogP contribution >= 0.6 is 11.8 Å². The van der Waals surface area contributed by atoms with E-state index in [0.29, 0.717) is 18.7 Å². The van der Waals surface area contributed by atoms with E-state index in [1.165, 1.54) is 11.8 Å². The number of para-hydroxylation sites is 1. The molecule has 2 N–H and O–H groups in total. The first-order valence-electron chi connectivity index (χ1n) is 14.0. The lowest BCUT2D eigenvalue weighted by molar-refractivity contribution is 0.0384. The second kappa shape index (κ2) is 10.7. The van der Waals surface area contributed by atoms with Gasteiger partial charge in [-0.3, -0.25) is 9.38 Å². The molecular formula is C30H34N6O5S. The van der Waals surface area contributed by atoms with Gasteiger partial charge in [-0.05, 0) is 52.7 Å². The molecule has 11 nitrogen and oxygen atoms in total. The SMILES string of the molecule is C[C@H]1CC2(CCN(c3ncc(Sc4ccnc5c(C(=O)O)cccc45)c4nccn34)CC2NC(=O)OC(C)(C)C)CO1. The number of alkyl carbamates (subject to hydrolysis) is 1. The number of amides is 1. The highest BCUT2D eigenvalue weighted by molar-refractivity contribution is 7.99. The first-order valence-corrected chi connectivity index (χ1v) is 14.8. The molecule has 0 aliphatic carbocycles. The molecule has 3 atom stereocenters. The summed E-state index contributed by atoms with van der Waals surface area (Å²) in [5, 5.41) is 13.5. The van der Waals surface area contributed by atoms with Crippen molar-refractivity contribution in [1.29, 1.82) is 0 Å². The van der Waals surface area contributed by atoms with Crippen LogP contribution in [0.5, 0.6) is 0 Å². The lowest BCUT2D eigenvalue weighted by Crippen LogP contribution is -2.60. The molecule has 0 saturated carbocycles. The topological polar surface area (TPSA) is 131 Å². The van der Waals surface area contributed by atoms with E-state index in [1.54, 1.807) is 30.7 Å². The molecule has 0 radical (unpaired) electrons. The van der Waals surface area contributed by atoms with Crippen molar-refractivity contribution in [2.45, 2.75) is 68.1 Å². The summed E-state index contributed by atoms with van der Waals surface area (Å²) in [6.45, 7) is 9.54. The van der Waals surface area contributed by atoms with Crippen LogP contribution in [0.2, 0.25) is 0 Å². The number of nitrogens with zero attached hydrogens (tertiary/aromatic N) is 5. The van der Waals surface area contributed by atoms with E-state index in [4.69, 9.17) is 14.5 Å². The van der Waals surface area contributed by atoms with E-state index >= 15 is 0 Å². The molecule has 2 fully saturated rings. The van der Waals surface area contributed by atoms with E-state index in [-0.39, 0.29) is 23.1 Å². The fourth-order valence-corrected chi connectivity index (χ4v) is 6.99. The van der Waals surface area contributed by atoms with Gasteiger partial charge in [0.2, 0.25) is 5.95 Å². The Morgan fingerprint density at radius 2 is 2.00 bits per heavy atom. The van der Waals surface area contributed by atoms with Crippen molar-refractivity contribution < 1.29 is 24.2 Å². The Kier molecular flexibility index (Phi) is 7.22. The Morgan fingerprint density at radius 3 is 2.74 bits per heavy atom. The number of piperidine rings is 1. The highest BCUT2D eigenvalue weighted by Gasteiger charge is 2.49. The van der Waals surface area contributed by atoms with Crippen molar-refractivity contribution in [2.75, 3.05) is 24.6 Å². The number of rotatable bonds is 5. The lowest BCUT2D eigenvalue weighted by Gasteiger charge is -2.45. The van der Waals surface area contributed by atoms with Crippen LogP contribution in [-0.2, 0) is 9.47 Å². The number of anilines is 1. The van der Waals surface area contributed by atoms with Gasteiger partial charge in [0.25, 0.3) is 0 Å². The summed E-state index contributed by atoms with van der Waals surface area (Å²) in [6.07, 6.45) is 8.45. The number of fused-ring (bicyclic) bond motifs is 2. The Bertz CT molecular complexity index is 1670. The molecule has 2 aliphatic heterocycles. The maximum atomic E-state index is 12.9. The average Bonchev–Trinajstić information content (AvgIpc) is 3.57. The fraction of sp³-hybridized carbons (Fsp3) is 0.433. The van der Waals surface area contributed by atoms with Gasteiger partial charge in [-0.2, -0.15) is 0 Å². The second-order valence-corrected chi connectivity index (χ2v) is 13.1. The number of carbonyl (C=O) groups is 2. The molecule has 0 bridgehead atoms. The van der Waals surface area contributed by atoms with Crippen molar-refractivity contribution >= 4 is 46.3 Å². The molecule has 6 rings (SSSR count). The van der Waals surface area contributed by atoms with Crippen LogP contribution in [0.3, 0.4) is 0 Å². The van der Waals surface area contributed by atoms with Gasteiger partial charge in [0, 0.05) is 53.6 Å². The highest BCUT2D eigenvalue weighted by Crippen LogP contribution is 2.43. The van der Waals surface area contributed by atoms with Gasteiger partial charge < -0.3 is 24.8 Å². The minimum atomic E-state index is -1.02. The number of hydrogen-bond donors (Lipinski definition) is 2. The quantitative estimate of drug-likeness (QED) is 0.326. The van der Waals surface area contributed by atoms with Gasteiger partial charge in [0.15, 0.2) is 5.65 Å². The molecule has 2 saturated heterocycles. The summed E-state index contributed by atoms with van der Waals surface area (Å²) >= 11 is 1.47. The molecule has 1 aromatic carbocycles. The summed E-state index contributed by atoms with van der Waals surface area (Å²) in [4.78, 5) is 42.3. The van der Waals surface area contributed by atoms with Gasteiger partial charge in [0.05, 0.1) is 34.7 Å². The number of carboxylic acids is 1. The molecule has 1 spiro atoms. The number of nitrogens with one attached hydrogen (secondary N) is 1. The van der Waals surface area contributed by atoms with Crippen molar-refractivity contribution in [3.05, 3.63) is 54.6 Å². The molecule has 12 heteroatoms. The van der Waals surface area contributed by atoms with E-state index in [1.807, 2.05) is 43.5 Å². The van der Waals surface area contributed by atoms with Crippen molar-refractivity contribution in [3.8, 4) is 0 Å². The third-order valence-corrected chi connectivity index (χ3v) is 8.98. The number of pyridine rings is 1. The summed E-state index contributed by atoms with van der Waals surface area (Å²) in [5.74, 6) is -0.282. The second-order valence-electron chi connectivity index (χ2n) is 12.0. The van der Waals surface area contributed by atoms with Crippen molar-refractivity contribution in [3.63, 3.8) is 0 Å². The lowest BCUT2D eigenvalue weighted by atomic mass is 9.73. The first kappa shape index (κ1) is 28.2. The predicted molar refractivity (Wildman–Crippen MR) is 158 cm³/mol. The largest absolute Gasteiger partial charge is 0.478 e. The zero-order chi connectivity index (χ0) is 29.6. The summed E-state index contributed by atoms with van der Waals surface area (Å²) in [6, 6.07) is 6.84. The van der Waals surface area contributed by atoms with Gasteiger partial charge in [-0.1, -0.05) is 23.9 Å². The van der Waals surface area contributed by atoms with Crippen LogP contribution in [0.4, 0.5) is 10.7 Å². The number of benzene rings is 1. The van der Waals surface area contributed by atoms with Crippen LogP contribution in [0, 0.1) is 5.41 Å². The number of imidazole rings is 1. The van der Waals surface area contributed by atoms with Crippen LogP contribution in [-0.4, -0.2) is 74.0 Å². The fourth-order valence-electron chi connectivity index (χ4n) is 6.00. The third kappa shape index (κ3) is 5.36. The Labute approximate surface area is 247 Å². The third-order valence-electron chi connectivity index (χ3n) is 7.90. The highest BCUT2D eigenvalue weighted by atomic mass is 32.2. The maximum Gasteiger partial charge on any atom is 0.407 e. The maximum absolute atomic E-state index is 12.9. The van der Waals surface area contributed by atoms with Crippen molar-refractivity contribution in [1.82, 2.24) is 24.7 Å². The van der Waals surface area contributed by atoms with Crippen LogP contribution in [0.1, 0.15) is 50.9 Å². The minimum Gasteiger partial charge on any atom is -0.478 e. The van der Waals surface area contributed by atoms with Crippen molar-refractivity contribution in [2.24, 2.45) is 5.41 Å². The van der Waals surface area contributed by atoms with Crippen LogP contribution < -0.4 is 10.2 Å². The smallest absolute Gasteiger partial charge is 0.407 e. The molecule has 42 heavy (non-hydrogen) atoms. The van der Waals surface area contributed by atoms with Crippen LogP contribution in [0.25, 0.3) is 16.6 Å². The molecule has 220 valence electrons. The monoisotopic (exact) mass is 590 g/mol. The van der Waals surface area contributed by atoms with Gasteiger partial charge in [0.1, 0.15) is 5.60 Å². The standard InChI is InChI=1S/C30H34N6O5S/c1-18-14-30(17-40-18)9-12-35(16-23(30)34-28(39)41-29(2,3)4)27-33-15-22(25-32-11-13-36(25)27)42-21-8-10-31-24-19(21)6-5-7-20(24)26(37)38/h5-8,10-11,13,15,18,23H,9,12,14,16-17H2,1-4H3,(H,34,39)(H,37,38)/t18-,23?,30?/m0/s1. The number of carboxylic acid groups (broad SMARTS) is 1. The number of ether oxygens (including phenoxy) is 2. The summed E-state index contributed by atoms with van der Waals surface area (Å²) in [5.41, 5.74) is 0.564. The Hall–Kier alpha value is -3.90. The van der Waals surface area contributed by atoms with Gasteiger partial charge >= 0.3 is 12.1 Å². The number of aromatic carboxylic acids is 1. The first-order chi connectivity index (χ1) is 20.0. The predicted octanol–water partition coefficient (Wildman–Crippen LogP) is 5.03. The Balaban J connectivity index is 1.30. The molecule has 1 amide bonds. The zero-order valence-corrected chi connectivity index (χ0v) is 24.9. The number of hydrogen-bond acceptors (Lipinski definition) is 9. The molecule has 3 aromatic heterocycles. The van der Waals surface area contributed by atoms with E-state index < -0.39 is 17.7 Å².